The first-order valence-corrected chi connectivity index (χ1v) is 14.9. The van der Waals surface area contributed by atoms with Gasteiger partial charge in [0, 0.05) is 67.9 Å². The second kappa shape index (κ2) is 14.0. The van der Waals surface area contributed by atoms with Crippen LogP contribution >= 0.6 is 23.2 Å². The molecule has 2 atom stereocenters. The average molecular weight is 619 g/mol. The minimum atomic E-state index is -1.09. The first-order valence-electron chi connectivity index (χ1n) is 14.2. The summed E-state index contributed by atoms with van der Waals surface area (Å²) in [5.74, 6) is -0.326. The SMILES string of the molecule is CC(C)OC(=O)NCCN1CCN(c2ccc(OCC3COC(Cn4ccnc4)(c4ccc(Cl)cc4Cl)O3)cc2)CC1. The zero-order valence-corrected chi connectivity index (χ0v) is 25.4. The van der Waals surface area contributed by atoms with Crippen LogP contribution in [0, 0.1) is 0 Å². The number of piperazine rings is 1. The number of ether oxygens (including phenoxy) is 4. The van der Waals surface area contributed by atoms with E-state index in [-0.39, 0.29) is 18.3 Å². The summed E-state index contributed by atoms with van der Waals surface area (Å²) in [7, 11) is 0. The van der Waals surface area contributed by atoms with Gasteiger partial charge in [-0.25, -0.2) is 9.78 Å². The number of hydrogen-bond donors (Lipinski definition) is 1. The molecule has 0 saturated carbocycles. The molecule has 0 aliphatic carbocycles. The molecule has 2 unspecified atom stereocenters. The molecule has 10 nitrogen and oxygen atoms in total. The van der Waals surface area contributed by atoms with Gasteiger partial charge >= 0.3 is 6.09 Å². The molecule has 226 valence electrons. The molecule has 1 aromatic heterocycles. The first kappa shape index (κ1) is 30.4. The zero-order valence-electron chi connectivity index (χ0n) is 23.9. The fourth-order valence-electron chi connectivity index (χ4n) is 5.12. The van der Waals surface area contributed by atoms with Crippen molar-refractivity contribution >= 4 is 35.0 Å². The van der Waals surface area contributed by atoms with Crippen LogP contribution < -0.4 is 15.0 Å². The molecule has 1 amide bonds. The average Bonchev–Trinajstić information content (AvgIpc) is 3.63. The lowest BCUT2D eigenvalue weighted by atomic mass is 10.1. The highest BCUT2D eigenvalue weighted by atomic mass is 35.5. The number of alkyl carbamates (subject to hydrolysis) is 1. The van der Waals surface area contributed by atoms with E-state index in [0.717, 1.165) is 44.2 Å². The highest BCUT2D eigenvalue weighted by molar-refractivity contribution is 6.35. The van der Waals surface area contributed by atoms with Gasteiger partial charge in [-0.05, 0) is 50.2 Å². The maximum atomic E-state index is 11.7. The Hall–Kier alpha value is -3.02. The van der Waals surface area contributed by atoms with Crippen LogP contribution in [0.1, 0.15) is 19.4 Å². The number of hydrogen-bond acceptors (Lipinski definition) is 8. The Morgan fingerprint density at radius 1 is 1.14 bits per heavy atom. The Morgan fingerprint density at radius 3 is 2.62 bits per heavy atom. The van der Waals surface area contributed by atoms with Crippen LogP contribution in [-0.4, -0.2) is 85.2 Å². The topological polar surface area (TPSA) is 90.3 Å². The van der Waals surface area contributed by atoms with E-state index in [1.807, 2.05) is 42.8 Å². The van der Waals surface area contributed by atoms with Crippen molar-refractivity contribution in [2.45, 2.75) is 38.4 Å². The largest absolute Gasteiger partial charge is 0.491 e. The summed E-state index contributed by atoms with van der Waals surface area (Å²) in [6, 6.07) is 13.4. The molecule has 5 rings (SSSR count). The number of halogens is 2. The molecule has 42 heavy (non-hydrogen) atoms. The Morgan fingerprint density at radius 2 is 1.93 bits per heavy atom. The summed E-state index contributed by atoms with van der Waals surface area (Å²) in [6.45, 7) is 9.79. The van der Waals surface area contributed by atoms with E-state index >= 15 is 0 Å². The number of imidazole rings is 1. The van der Waals surface area contributed by atoms with E-state index in [1.165, 1.54) is 0 Å². The number of carbonyl (C=O) groups excluding carboxylic acids is 1. The summed E-state index contributed by atoms with van der Waals surface area (Å²) < 4.78 is 25.8. The fraction of sp³-hybridized carbons (Fsp3) is 0.467. The van der Waals surface area contributed by atoms with Gasteiger partial charge in [0.2, 0.25) is 5.79 Å². The number of rotatable bonds is 11. The van der Waals surface area contributed by atoms with Crippen LogP contribution in [0.15, 0.2) is 61.2 Å². The number of aromatic nitrogens is 2. The summed E-state index contributed by atoms with van der Waals surface area (Å²) in [6.07, 6.45) is 4.50. The van der Waals surface area contributed by atoms with E-state index < -0.39 is 5.79 Å². The molecular weight excluding hydrogens is 581 g/mol. The van der Waals surface area contributed by atoms with Crippen molar-refractivity contribution in [1.29, 1.82) is 0 Å². The highest BCUT2D eigenvalue weighted by Crippen LogP contribution is 2.40. The van der Waals surface area contributed by atoms with Crippen LogP contribution in [0.25, 0.3) is 0 Å². The van der Waals surface area contributed by atoms with Crippen LogP contribution in [0.4, 0.5) is 10.5 Å². The van der Waals surface area contributed by atoms with Gasteiger partial charge in [0.05, 0.1) is 30.6 Å². The van der Waals surface area contributed by atoms with Crippen LogP contribution in [0.2, 0.25) is 10.0 Å². The summed E-state index contributed by atoms with van der Waals surface area (Å²) in [5.41, 5.74) is 1.86. The number of nitrogens with zero attached hydrogens (tertiary/aromatic N) is 4. The third kappa shape index (κ3) is 7.87. The van der Waals surface area contributed by atoms with Gasteiger partial charge in [-0.1, -0.05) is 29.3 Å². The molecule has 0 spiro atoms. The van der Waals surface area contributed by atoms with E-state index in [9.17, 15) is 4.79 Å². The van der Waals surface area contributed by atoms with Crippen molar-refractivity contribution in [3.8, 4) is 5.75 Å². The van der Waals surface area contributed by atoms with Crippen LogP contribution in [0.5, 0.6) is 5.75 Å². The smallest absolute Gasteiger partial charge is 0.407 e. The van der Waals surface area contributed by atoms with Crippen molar-refractivity contribution in [2.24, 2.45) is 0 Å². The number of anilines is 1. The molecule has 12 heteroatoms. The van der Waals surface area contributed by atoms with Crippen molar-refractivity contribution in [1.82, 2.24) is 19.8 Å². The summed E-state index contributed by atoms with van der Waals surface area (Å²) in [5, 5.41) is 3.83. The second-order valence-electron chi connectivity index (χ2n) is 10.7. The number of nitrogens with one attached hydrogen (secondary N) is 1. The minimum Gasteiger partial charge on any atom is -0.491 e. The molecule has 2 aliphatic rings. The Balaban J connectivity index is 1.10. The molecule has 2 aromatic carbocycles. The van der Waals surface area contributed by atoms with Gasteiger partial charge in [-0.15, -0.1) is 0 Å². The van der Waals surface area contributed by atoms with Crippen molar-refractivity contribution < 1.29 is 23.7 Å². The maximum Gasteiger partial charge on any atom is 0.407 e. The number of carbonyl (C=O) groups is 1. The van der Waals surface area contributed by atoms with E-state index in [2.05, 4.69) is 32.2 Å². The molecule has 0 radical (unpaired) electrons. The third-order valence-corrected chi connectivity index (χ3v) is 7.75. The lowest BCUT2D eigenvalue weighted by Crippen LogP contribution is -2.48. The van der Waals surface area contributed by atoms with E-state index in [1.54, 1.807) is 24.7 Å². The minimum absolute atomic E-state index is 0.118. The predicted molar refractivity (Wildman–Crippen MR) is 161 cm³/mol. The maximum absolute atomic E-state index is 11.7. The second-order valence-corrected chi connectivity index (χ2v) is 11.5. The lowest BCUT2D eigenvalue weighted by molar-refractivity contribution is -0.189. The summed E-state index contributed by atoms with van der Waals surface area (Å²) >= 11 is 12.7. The van der Waals surface area contributed by atoms with Crippen LogP contribution in [0.3, 0.4) is 0 Å². The van der Waals surface area contributed by atoms with Gasteiger partial charge in [0.25, 0.3) is 0 Å². The van der Waals surface area contributed by atoms with Crippen molar-refractivity contribution in [3.63, 3.8) is 0 Å². The van der Waals surface area contributed by atoms with Crippen molar-refractivity contribution in [2.75, 3.05) is 57.4 Å². The molecule has 2 aliphatic heterocycles. The number of benzene rings is 2. The molecule has 3 aromatic rings. The molecule has 0 bridgehead atoms. The van der Waals surface area contributed by atoms with Gasteiger partial charge in [0.15, 0.2) is 0 Å². The first-order chi connectivity index (χ1) is 20.3. The van der Waals surface area contributed by atoms with Gasteiger partial charge < -0.3 is 33.7 Å². The zero-order chi connectivity index (χ0) is 29.5. The quantitative estimate of drug-likeness (QED) is 0.328. The normalized spacial score (nSPS) is 21.1. The third-order valence-electron chi connectivity index (χ3n) is 7.20. The van der Waals surface area contributed by atoms with E-state index in [0.29, 0.717) is 41.9 Å². The predicted octanol–water partition coefficient (Wildman–Crippen LogP) is 4.79. The summed E-state index contributed by atoms with van der Waals surface area (Å²) in [4.78, 5) is 20.5. The standard InChI is InChI=1S/C30H37Cl2N5O5/c1-22(2)41-29(38)34-10-12-35-13-15-37(16-14-35)24-4-6-25(7-5-24)39-18-26-19-40-30(42-26,20-36-11-9-33-21-36)27-8-3-23(31)17-28(27)32/h3-9,11,17,21-22,26H,10,12-16,18-20H2,1-2H3,(H,34,38). The van der Waals surface area contributed by atoms with Crippen LogP contribution in [-0.2, 0) is 26.5 Å². The van der Waals surface area contributed by atoms with Gasteiger partial charge in [-0.2, -0.15) is 0 Å². The fourth-order valence-corrected chi connectivity index (χ4v) is 5.67. The van der Waals surface area contributed by atoms with Gasteiger partial charge in [0.1, 0.15) is 18.5 Å². The Bertz CT molecular complexity index is 1300. The van der Waals surface area contributed by atoms with E-state index in [4.69, 9.17) is 42.1 Å². The molecule has 2 fully saturated rings. The molecule has 2 saturated heterocycles. The number of amides is 1. The lowest BCUT2D eigenvalue weighted by Gasteiger charge is -2.36. The Kier molecular flexibility index (Phi) is 10.1. The Labute approximate surface area is 256 Å². The highest BCUT2D eigenvalue weighted by Gasteiger charge is 2.45. The van der Waals surface area contributed by atoms with Gasteiger partial charge in [-0.3, -0.25) is 4.90 Å². The molecule has 3 heterocycles. The van der Waals surface area contributed by atoms with Crippen molar-refractivity contribution in [3.05, 3.63) is 76.8 Å². The molecular formula is C30H37Cl2N5O5. The molecule has 1 N–H and O–H groups in total. The monoisotopic (exact) mass is 617 g/mol.